The van der Waals surface area contributed by atoms with Gasteiger partial charge in [0.25, 0.3) is 0 Å². The summed E-state index contributed by atoms with van der Waals surface area (Å²) in [5.41, 5.74) is 1.13. The van der Waals surface area contributed by atoms with Crippen LogP contribution in [0, 0.1) is 5.21 Å². The van der Waals surface area contributed by atoms with Crippen LogP contribution in [0.1, 0.15) is 15.9 Å². The molecule has 18 heavy (non-hydrogen) atoms. The summed E-state index contributed by atoms with van der Waals surface area (Å²) >= 11 is 1.33. The average Bonchev–Trinajstić information content (AvgIpc) is 2.38. The van der Waals surface area contributed by atoms with Crippen LogP contribution < -0.4 is 4.73 Å². The van der Waals surface area contributed by atoms with Gasteiger partial charge in [0.2, 0.25) is 0 Å². The van der Waals surface area contributed by atoms with E-state index in [4.69, 9.17) is 5.11 Å². The zero-order chi connectivity index (χ0) is 13.0. The molecular formula is C12H10N2O3S. The number of hydrogen-bond donors (Lipinski definition) is 1. The maximum atomic E-state index is 11.0. The predicted octanol–water partition coefficient (Wildman–Crippen LogP) is 1.71. The molecule has 0 fully saturated rings. The summed E-state index contributed by atoms with van der Waals surface area (Å²) in [4.78, 5) is 15.0. The summed E-state index contributed by atoms with van der Waals surface area (Å²) in [7, 11) is 0. The van der Waals surface area contributed by atoms with E-state index in [-0.39, 0.29) is 5.56 Å². The van der Waals surface area contributed by atoms with Gasteiger partial charge in [-0.05, 0) is 17.7 Å². The van der Waals surface area contributed by atoms with Gasteiger partial charge < -0.3 is 10.3 Å². The van der Waals surface area contributed by atoms with Crippen LogP contribution >= 0.6 is 11.8 Å². The summed E-state index contributed by atoms with van der Waals surface area (Å²) < 4.78 is 0.706. The van der Waals surface area contributed by atoms with Crippen molar-refractivity contribution >= 4 is 17.7 Å². The van der Waals surface area contributed by atoms with Crippen LogP contribution in [0.4, 0.5) is 0 Å². The standard InChI is InChI=1S/C12H10N2O3S/c15-12(16)10-2-1-5-13-11(10)18-8-9-3-6-14(17)7-4-9/h1-7H,8H2,(H,15,16). The van der Waals surface area contributed by atoms with Crippen LogP contribution in [0.15, 0.2) is 47.9 Å². The first-order chi connectivity index (χ1) is 8.66. The third kappa shape index (κ3) is 2.98. The van der Waals surface area contributed by atoms with Crippen LogP contribution in [-0.4, -0.2) is 16.1 Å². The second-order valence-corrected chi connectivity index (χ2v) is 4.48. The molecule has 0 unspecified atom stereocenters. The van der Waals surface area contributed by atoms with E-state index in [2.05, 4.69) is 4.98 Å². The van der Waals surface area contributed by atoms with Crippen LogP contribution in [0.3, 0.4) is 0 Å². The number of aromatic nitrogens is 2. The summed E-state index contributed by atoms with van der Waals surface area (Å²) in [5, 5.41) is 20.3. The van der Waals surface area contributed by atoms with Crippen molar-refractivity contribution in [2.24, 2.45) is 0 Å². The van der Waals surface area contributed by atoms with Gasteiger partial charge in [-0.15, -0.1) is 11.8 Å². The number of carboxylic acids is 1. The zero-order valence-electron chi connectivity index (χ0n) is 9.31. The molecule has 2 aromatic rings. The van der Waals surface area contributed by atoms with Crippen molar-refractivity contribution in [2.75, 3.05) is 0 Å². The first kappa shape index (κ1) is 12.4. The smallest absolute Gasteiger partial charge is 0.338 e. The Morgan fingerprint density at radius 2 is 2.11 bits per heavy atom. The summed E-state index contributed by atoms with van der Waals surface area (Å²) in [5.74, 6) is -0.422. The van der Waals surface area contributed by atoms with Gasteiger partial charge in [-0.3, -0.25) is 0 Å². The molecular weight excluding hydrogens is 252 g/mol. The molecule has 0 saturated heterocycles. The minimum atomic E-state index is -0.990. The summed E-state index contributed by atoms with van der Waals surface area (Å²) in [6, 6.07) is 6.51. The molecule has 6 heteroatoms. The SMILES string of the molecule is O=C(O)c1cccnc1SCc1cc[n+]([O-])cc1. The minimum absolute atomic E-state index is 0.192. The quantitative estimate of drug-likeness (QED) is 0.515. The lowest BCUT2D eigenvalue weighted by Crippen LogP contribution is -2.23. The molecule has 0 amide bonds. The van der Waals surface area contributed by atoms with E-state index in [0.717, 1.165) is 5.56 Å². The van der Waals surface area contributed by atoms with Crippen molar-refractivity contribution in [2.45, 2.75) is 10.8 Å². The highest BCUT2D eigenvalue weighted by Crippen LogP contribution is 2.23. The zero-order valence-corrected chi connectivity index (χ0v) is 10.1. The third-order valence-corrected chi connectivity index (χ3v) is 3.32. The van der Waals surface area contributed by atoms with E-state index in [1.165, 1.54) is 30.2 Å². The second kappa shape index (κ2) is 5.50. The maximum Gasteiger partial charge on any atom is 0.338 e. The lowest BCUT2D eigenvalue weighted by molar-refractivity contribution is -0.605. The van der Waals surface area contributed by atoms with E-state index in [0.29, 0.717) is 15.5 Å². The number of thioether (sulfide) groups is 1. The Balaban J connectivity index is 2.10. The topological polar surface area (TPSA) is 77.1 Å². The number of carbonyl (C=O) groups is 1. The molecule has 0 bridgehead atoms. The lowest BCUT2D eigenvalue weighted by atomic mass is 10.3. The van der Waals surface area contributed by atoms with Crippen molar-refractivity contribution < 1.29 is 14.6 Å². The van der Waals surface area contributed by atoms with Crippen molar-refractivity contribution in [3.63, 3.8) is 0 Å². The number of carboxylic acid groups (broad SMARTS) is 1. The molecule has 1 N–H and O–H groups in total. The minimum Gasteiger partial charge on any atom is -0.619 e. The highest BCUT2D eigenvalue weighted by molar-refractivity contribution is 7.98. The van der Waals surface area contributed by atoms with Crippen molar-refractivity contribution in [1.82, 2.24) is 4.98 Å². The number of pyridine rings is 2. The normalized spacial score (nSPS) is 10.2. The fraction of sp³-hybridized carbons (Fsp3) is 0.0833. The van der Waals surface area contributed by atoms with Gasteiger partial charge in [-0.2, -0.15) is 4.73 Å². The van der Waals surface area contributed by atoms with Gasteiger partial charge >= 0.3 is 5.97 Å². The number of nitrogens with zero attached hydrogens (tertiary/aromatic N) is 2. The molecule has 92 valence electrons. The maximum absolute atomic E-state index is 11.0. The lowest BCUT2D eigenvalue weighted by Gasteiger charge is -2.04. The number of aromatic carboxylic acids is 1. The Labute approximate surface area is 108 Å². The van der Waals surface area contributed by atoms with Gasteiger partial charge in [-0.1, -0.05) is 0 Å². The molecule has 0 aliphatic heterocycles. The van der Waals surface area contributed by atoms with Crippen LogP contribution in [-0.2, 0) is 5.75 Å². The molecule has 0 radical (unpaired) electrons. The van der Waals surface area contributed by atoms with Crippen LogP contribution in [0.25, 0.3) is 0 Å². The van der Waals surface area contributed by atoms with E-state index in [1.54, 1.807) is 24.4 Å². The number of hydrogen-bond acceptors (Lipinski definition) is 4. The first-order valence-electron chi connectivity index (χ1n) is 5.15. The molecule has 0 aliphatic carbocycles. The Kier molecular flexibility index (Phi) is 3.78. The fourth-order valence-electron chi connectivity index (χ4n) is 1.36. The van der Waals surface area contributed by atoms with Gasteiger partial charge in [0.15, 0.2) is 12.4 Å². The third-order valence-electron chi connectivity index (χ3n) is 2.25. The highest BCUT2D eigenvalue weighted by Gasteiger charge is 2.11. The Hall–Kier alpha value is -2.08. The average molecular weight is 262 g/mol. The van der Waals surface area contributed by atoms with Gasteiger partial charge in [0.05, 0.1) is 5.56 Å². The largest absolute Gasteiger partial charge is 0.619 e. The molecule has 0 atom stereocenters. The Morgan fingerprint density at radius 3 is 2.78 bits per heavy atom. The van der Waals surface area contributed by atoms with Crippen molar-refractivity contribution in [3.05, 3.63) is 59.2 Å². The summed E-state index contributed by atoms with van der Waals surface area (Å²) in [6.45, 7) is 0. The molecule has 0 saturated carbocycles. The molecule has 2 rings (SSSR count). The van der Waals surface area contributed by atoms with E-state index in [9.17, 15) is 10.0 Å². The van der Waals surface area contributed by atoms with Crippen LogP contribution in [0.5, 0.6) is 0 Å². The van der Waals surface area contributed by atoms with Gasteiger partial charge in [-0.25, -0.2) is 9.78 Å². The molecule has 2 heterocycles. The molecule has 0 aromatic carbocycles. The van der Waals surface area contributed by atoms with E-state index in [1.807, 2.05) is 0 Å². The van der Waals surface area contributed by atoms with E-state index >= 15 is 0 Å². The van der Waals surface area contributed by atoms with Gasteiger partial charge in [0.1, 0.15) is 5.03 Å². The Bertz CT molecular complexity index is 558. The summed E-state index contributed by atoms with van der Waals surface area (Å²) in [6.07, 6.45) is 4.38. The second-order valence-electron chi connectivity index (χ2n) is 3.52. The number of rotatable bonds is 4. The monoisotopic (exact) mass is 262 g/mol. The molecule has 5 nitrogen and oxygen atoms in total. The first-order valence-corrected chi connectivity index (χ1v) is 6.14. The Morgan fingerprint density at radius 1 is 1.39 bits per heavy atom. The van der Waals surface area contributed by atoms with Crippen molar-refractivity contribution in [3.8, 4) is 0 Å². The predicted molar refractivity (Wildman–Crippen MR) is 66.2 cm³/mol. The molecule has 2 aromatic heterocycles. The van der Waals surface area contributed by atoms with Gasteiger partial charge in [0, 0.05) is 24.1 Å². The fourth-order valence-corrected chi connectivity index (χ4v) is 2.30. The molecule has 0 aliphatic rings. The van der Waals surface area contributed by atoms with Crippen molar-refractivity contribution in [1.29, 1.82) is 0 Å². The highest BCUT2D eigenvalue weighted by atomic mass is 32.2. The van der Waals surface area contributed by atoms with E-state index < -0.39 is 5.97 Å². The van der Waals surface area contributed by atoms with Crippen LogP contribution in [0.2, 0.25) is 0 Å². The molecule has 0 spiro atoms.